The molecule has 12 heavy (non-hydrogen) atoms. The van der Waals surface area contributed by atoms with E-state index in [1.165, 1.54) is 0 Å². The number of hydrogen-bond donors (Lipinski definition) is 3. The van der Waals surface area contributed by atoms with Crippen molar-refractivity contribution in [2.75, 3.05) is 0 Å². The number of nitrogens with one attached hydrogen (secondary N) is 2. The van der Waals surface area contributed by atoms with E-state index in [9.17, 15) is 4.79 Å². The fourth-order valence-electron chi connectivity index (χ4n) is 1.05. The highest BCUT2D eigenvalue weighted by molar-refractivity contribution is 5.96. The van der Waals surface area contributed by atoms with Crippen LogP contribution in [0.1, 0.15) is 10.5 Å². The topological polar surface area (TPSA) is 84.0 Å². The van der Waals surface area contributed by atoms with Gasteiger partial charge in [-0.3, -0.25) is 10.2 Å². The number of hydrogen-bond acceptors (Lipinski definition) is 3. The summed E-state index contributed by atoms with van der Waals surface area (Å²) in [6.07, 6.45) is 1.55. The Morgan fingerprint density at radius 3 is 3.17 bits per heavy atom. The molecule has 0 spiro atoms. The van der Waals surface area contributed by atoms with E-state index in [0.29, 0.717) is 11.3 Å². The van der Waals surface area contributed by atoms with Crippen LogP contribution in [0.4, 0.5) is 0 Å². The van der Waals surface area contributed by atoms with Gasteiger partial charge in [-0.1, -0.05) is 0 Å². The molecular weight excluding hydrogens is 158 g/mol. The normalized spacial score (nSPS) is 10.4. The summed E-state index contributed by atoms with van der Waals surface area (Å²) in [5, 5.41) is 0. The molecule has 0 aliphatic heterocycles. The first kappa shape index (κ1) is 6.93. The van der Waals surface area contributed by atoms with E-state index in [1.807, 2.05) is 5.43 Å². The van der Waals surface area contributed by atoms with E-state index in [1.54, 1.807) is 18.4 Å². The first-order chi connectivity index (χ1) is 5.81. The van der Waals surface area contributed by atoms with Crippen molar-refractivity contribution in [3.8, 4) is 0 Å². The molecule has 0 aromatic carbocycles. The second-order valence-corrected chi connectivity index (χ2v) is 2.36. The molecule has 2 rings (SSSR count). The van der Waals surface area contributed by atoms with Crippen molar-refractivity contribution in [3.63, 3.8) is 0 Å². The number of carbonyl (C=O) groups is 1. The molecular formula is C7H7N3O2. The zero-order chi connectivity index (χ0) is 8.55. The molecule has 4 N–H and O–H groups in total. The quantitative estimate of drug-likeness (QED) is 0.324. The number of rotatable bonds is 1. The highest BCUT2D eigenvalue weighted by Gasteiger charge is 2.08. The molecule has 1 amide bonds. The first-order valence-electron chi connectivity index (χ1n) is 3.38. The number of hydrazine groups is 1. The van der Waals surface area contributed by atoms with Crippen LogP contribution < -0.4 is 11.3 Å². The minimum Gasteiger partial charge on any atom is -0.463 e. The third kappa shape index (κ3) is 0.876. The van der Waals surface area contributed by atoms with Gasteiger partial charge in [0, 0.05) is 12.1 Å². The Bertz CT molecular complexity index is 386. The molecule has 0 aliphatic rings. The molecule has 0 saturated heterocycles. The van der Waals surface area contributed by atoms with E-state index in [0.717, 1.165) is 5.52 Å². The molecule has 0 saturated carbocycles. The van der Waals surface area contributed by atoms with Crippen molar-refractivity contribution >= 4 is 17.0 Å². The number of carbonyl (C=O) groups excluding carboxylic acids is 1. The monoisotopic (exact) mass is 165 g/mol. The Morgan fingerprint density at radius 1 is 1.67 bits per heavy atom. The van der Waals surface area contributed by atoms with Gasteiger partial charge in [0.05, 0.1) is 11.8 Å². The molecule has 0 radical (unpaired) electrons. The average molecular weight is 165 g/mol. The second-order valence-electron chi connectivity index (χ2n) is 2.36. The van der Waals surface area contributed by atoms with Gasteiger partial charge in [-0.15, -0.1) is 0 Å². The Labute approximate surface area is 67.5 Å². The fraction of sp³-hybridized carbons (Fsp3) is 0. The van der Waals surface area contributed by atoms with E-state index in [4.69, 9.17) is 10.3 Å². The van der Waals surface area contributed by atoms with E-state index >= 15 is 0 Å². The number of amides is 1. The van der Waals surface area contributed by atoms with Crippen LogP contribution >= 0.6 is 0 Å². The maximum Gasteiger partial charge on any atom is 0.281 e. The van der Waals surface area contributed by atoms with Crippen molar-refractivity contribution in [1.82, 2.24) is 10.4 Å². The third-order valence-corrected chi connectivity index (χ3v) is 1.62. The second kappa shape index (κ2) is 2.38. The van der Waals surface area contributed by atoms with Gasteiger partial charge < -0.3 is 9.40 Å². The zero-order valence-electron chi connectivity index (χ0n) is 6.13. The summed E-state index contributed by atoms with van der Waals surface area (Å²) in [5.41, 5.74) is 3.85. The van der Waals surface area contributed by atoms with Gasteiger partial charge in [-0.25, -0.2) is 5.84 Å². The molecule has 2 aromatic rings. The minimum atomic E-state index is -0.360. The van der Waals surface area contributed by atoms with Gasteiger partial charge in [0.1, 0.15) is 5.69 Å². The lowest BCUT2D eigenvalue weighted by atomic mass is 10.4. The lowest BCUT2D eigenvalue weighted by Crippen LogP contribution is -2.30. The number of furan rings is 1. The van der Waals surface area contributed by atoms with Crippen LogP contribution in [0.5, 0.6) is 0 Å². The zero-order valence-corrected chi connectivity index (χ0v) is 6.13. The predicted molar refractivity (Wildman–Crippen MR) is 42.2 cm³/mol. The van der Waals surface area contributed by atoms with Gasteiger partial charge >= 0.3 is 0 Å². The molecule has 0 bridgehead atoms. The highest BCUT2D eigenvalue weighted by atomic mass is 16.3. The molecule has 0 atom stereocenters. The first-order valence-corrected chi connectivity index (χ1v) is 3.38. The fourth-order valence-corrected chi connectivity index (χ4v) is 1.05. The molecule has 0 aliphatic carbocycles. The van der Waals surface area contributed by atoms with Crippen LogP contribution in [-0.2, 0) is 0 Å². The lowest BCUT2D eigenvalue weighted by molar-refractivity contribution is 0.0949. The van der Waals surface area contributed by atoms with Crippen molar-refractivity contribution in [2.24, 2.45) is 5.84 Å². The molecule has 62 valence electrons. The van der Waals surface area contributed by atoms with E-state index in [2.05, 4.69) is 4.98 Å². The van der Waals surface area contributed by atoms with Crippen molar-refractivity contribution in [1.29, 1.82) is 0 Å². The van der Waals surface area contributed by atoms with E-state index < -0.39 is 0 Å². The molecule has 0 fully saturated rings. The van der Waals surface area contributed by atoms with Crippen LogP contribution in [-0.4, -0.2) is 10.9 Å². The number of aromatic nitrogens is 1. The summed E-state index contributed by atoms with van der Waals surface area (Å²) in [6, 6.07) is 3.33. The van der Waals surface area contributed by atoms with Crippen LogP contribution in [0.2, 0.25) is 0 Å². The minimum absolute atomic E-state index is 0.360. The number of fused-ring (bicyclic) bond motifs is 1. The van der Waals surface area contributed by atoms with Gasteiger partial charge in [0.2, 0.25) is 0 Å². The van der Waals surface area contributed by atoms with Crippen LogP contribution in [0, 0.1) is 0 Å². The van der Waals surface area contributed by atoms with Gasteiger partial charge in [0.15, 0.2) is 5.58 Å². The number of nitrogen functional groups attached to an aromatic ring is 1. The Kier molecular flexibility index (Phi) is 1.38. The predicted octanol–water partition coefficient (Wildman–Crippen LogP) is 0.364. The summed E-state index contributed by atoms with van der Waals surface area (Å²) in [5.74, 6) is 4.58. The summed E-state index contributed by atoms with van der Waals surface area (Å²) >= 11 is 0. The average Bonchev–Trinajstić information content (AvgIpc) is 2.60. The lowest BCUT2D eigenvalue weighted by Gasteiger charge is -1.92. The van der Waals surface area contributed by atoms with Crippen LogP contribution in [0.25, 0.3) is 11.1 Å². The number of aromatic amines is 1. The SMILES string of the molecule is NNC(=O)c1cc2occc2[nH]1. The molecule has 0 unspecified atom stereocenters. The molecule has 5 heteroatoms. The number of H-pyrrole nitrogens is 1. The third-order valence-electron chi connectivity index (χ3n) is 1.62. The standard InChI is InChI=1S/C7H7N3O2/c8-10-7(11)5-3-6-4(9-5)1-2-12-6/h1-3,9H,8H2,(H,10,11). The van der Waals surface area contributed by atoms with Crippen LogP contribution in [0.15, 0.2) is 22.8 Å². The highest BCUT2D eigenvalue weighted by Crippen LogP contribution is 2.15. The maximum atomic E-state index is 11.0. The largest absolute Gasteiger partial charge is 0.463 e. The van der Waals surface area contributed by atoms with Gasteiger partial charge in [0.25, 0.3) is 5.91 Å². The van der Waals surface area contributed by atoms with E-state index in [-0.39, 0.29) is 5.91 Å². The Morgan fingerprint density at radius 2 is 2.50 bits per heavy atom. The Balaban J connectivity index is 2.51. The molecule has 5 nitrogen and oxygen atoms in total. The van der Waals surface area contributed by atoms with Crippen LogP contribution in [0.3, 0.4) is 0 Å². The molecule has 2 heterocycles. The van der Waals surface area contributed by atoms with Crippen molar-refractivity contribution < 1.29 is 9.21 Å². The summed E-state index contributed by atoms with van der Waals surface area (Å²) < 4.78 is 5.04. The Hall–Kier alpha value is -1.75. The summed E-state index contributed by atoms with van der Waals surface area (Å²) in [4.78, 5) is 13.8. The smallest absolute Gasteiger partial charge is 0.281 e. The van der Waals surface area contributed by atoms with Gasteiger partial charge in [-0.05, 0) is 0 Å². The van der Waals surface area contributed by atoms with Crippen molar-refractivity contribution in [3.05, 3.63) is 24.1 Å². The summed E-state index contributed by atoms with van der Waals surface area (Å²) in [6.45, 7) is 0. The van der Waals surface area contributed by atoms with Crippen molar-refractivity contribution in [2.45, 2.75) is 0 Å². The van der Waals surface area contributed by atoms with Gasteiger partial charge in [-0.2, -0.15) is 0 Å². The summed E-state index contributed by atoms with van der Waals surface area (Å²) in [7, 11) is 0. The maximum absolute atomic E-state index is 11.0. The molecule has 2 aromatic heterocycles. The number of nitrogens with two attached hydrogens (primary N) is 1.